The molecular weight excluding hydrogens is 278 g/mol. The predicted molar refractivity (Wildman–Crippen MR) is 75.9 cm³/mol. The van der Waals surface area contributed by atoms with Crippen molar-refractivity contribution in [1.82, 2.24) is 4.90 Å². The third-order valence-electron chi connectivity index (χ3n) is 2.83. The fourth-order valence-corrected chi connectivity index (χ4v) is 2.42. The van der Waals surface area contributed by atoms with Crippen LogP contribution in [0.15, 0.2) is 18.2 Å². The summed E-state index contributed by atoms with van der Waals surface area (Å²) in [5.74, 6) is 0.155. The first kappa shape index (κ1) is 14.2. The molecular formula is C14H20BrNO. The van der Waals surface area contributed by atoms with Gasteiger partial charge in [0.1, 0.15) is 0 Å². The zero-order chi connectivity index (χ0) is 12.8. The standard InChI is InChI=1S/C14H20BrNO/c1-4-9-16(10-8-15)14(17)13-11(2)6-5-7-12(13)3/h5-7H,4,8-10H2,1-3H3. The molecule has 94 valence electrons. The number of rotatable bonds is 5. The monoisotopic (exact) mass is 297 g/mol. The summed E-state index contributed by atoms with van der Waals surface area (Å²) >= 11 is 3.40. The second-order valence-electron chi connectivity index (χ2n) is 4.25. The van der Waals surface area contributed by atoms with E-state index in [0.717, 1.165) is 41.5 Å². The summed E-state index contributed by atoms with van der Waals surface area (Å²) in [6, 6.07) is 5.99. The first-order valence-electron chi connectivity index (χ1n) is 6.03. The summed E-state index contributed by atoms with van der Waals surface area (Å²) < 4.78 is 0. The van der Waals surface area contributed by atoms with Gasteiger partial charge in [-0.05, 0) is 31.4 Å². The summed E-state index contributed by atoms with van der Waals surface area (Å²) in [4.78, 5) is 14.4. The Morgan fingerprint density at radius 1 is 1.24 bits per heavy atom. The maximum atomic E-state index is 12.5. The van der Waals surface area contributed by atoms with Gasteiger partial charge in [0.05, 0.1) is 0 Å². The topological polar surface area (TPSA) is 20.3 Å². The second-order valence-corrected chi connectivity index (χ2v) is 5.04. The summed E-state index contributed by atoms with van der Waals surface area (Å²) in [5, 5.41) is 0.823. The minimum atomic E-state index is 0.155. The number of hydrogen-bond acceptors (Lipinski definition) is 1. The molecule has 0 atom stereocenters. The molecule has 1 aromatic rings. The largest absolute Gasteiger partial charge is 0.338 e. The number of aryl methyl sites for hydroxylation is 2. The summed E-state index contributed by atoms with van der Waals surface area (Å²) in [6.45, 7) is 7.68. The number of benzene rings is 1. The van der Waals surface area contributed by atoms with Crippen LogP contribution < -0.4 is 0 Å². The van der Waals surface area contributed by atoms with Crippen molar-refractivity contribution < 1.29 is 4.79 Å². The smallest absolute Gasteiger partial charge is 0.254 e. The lowest BCUT2D eigenvalue weighted by Gasteiger charge is -2.23. The highest BCUT2D eigenvalue weighted by molar-refractivity contribution is 9.09. The number of halogens is 1. The maximum Gasteiger partial charge on any atom is 0.254 e. The molecule has 0 bridgehead atoms. The first-order valence-corrected chi connectivity index (χ1v) is 7.15. The average molecular weight is 298 g/mol. The van der Waals surface area contributed by atoms with Gasteiger partial charge >= 0.3 is 0 Å². The van der Waals surface area contributed by atoms with Crippen LogP contribution in [0.1, 0.15) is 34.8 Å². The van der Waals surface area contributed by atoms with Crippen LogP contribution in [-0.2, 0) is 0 Å². The van der Waals surface area contributed by atoms with Crippen LogP contribution >= 0.6 is 15.9 Å². The lowest BCUT2D eigenvalue weighted by molar-refractivity contribution is 0.0765. The van der Waals surface area contributed by atoms with Gasteiger partial charge in [-0.15, -0.1) is 0 Å². The number of carbonyl (C=O) groups excluding carboxylic acids is 1. The molecule has 0 heterocycles. The van der Waals surface area contributed by atoms with Gasteiger partial charge in [-0.25, -0.2) is 0 Å². The van der Waals surface area contributed by atoms with E-state index in [2.05, 4.69) is 22.9 Å². The normalized spacial score (nSPS) is 10.4. The van der Waals surface area contributed by atoms with Crippen molar-refractivity contribution in [2.75, 3.05) is 18.4 Å². The molecule has 0 fully saturated rings. The zero-order valence-electron chi connectivity index (χ0n) is 10.8. The molecule has 0 N–H and O–H groups in total. The van der Waals surface area contributed by atoms with Gasteiger partial charge < -0.3 is 4.90 Å². The molecule has 3 heteroatoms. The Morgan fingerprint density at radius 3 is 2.29 bits per heavy atom. The van der Waals surface area contributed by atoms with Gasteiger partial charge in [0, 0.05) is 24.0 Å². The van der Waals surface area contributed by atoms with Crippen molar-refractivity contribution in [3.8, 4) is 0 Å². The quantitative estimate of drug-likeness (QED) is 0.761. The molecule has 1 rings (SSSR count). The van der Waals surface area contributed by atoms with E-state index in [0.29, 0.717) is 0 Å². The van der Waals surface area contributed by atoms with Crippen LogP contribution in [0.25, 0.3) is 0 Å². The van der Waals surface area contributed by atoms with E-state index in [9.17, 15) is 4.79 Å². The molecule has 0 radical (unpaired) electrons. The highest BCUT2D eigenvalue weighted by Gasteiger charge is 2.17. The Kier molecular flexibility index (Phi) is 5.69. The molecule has 0 saturated heterocycles. The summed E-state index contributed by atoms with van der Waals surface area (Å²) in [6.07, 6.45) is 0.990. The van der Waals surface area contributed by atoms with E-state index < -0.39 is 0 Å². The van der Waals surface area contributed by atoms with Crippen LogP contribution in [0.5, 0.6) is 0 Å². The van der Waals surface area contributed by atoms with Crippen molar-refractivity contribution in [2.24, 2.45) is 0 Å². The molecule has 0 unspecified atom stereocenters. The first-order chi connectivity index (χ1) is 8.11. The van der Waals surface area contributed by atoms with E-state index in [-0.39, 0.29) is 5.91 Å². The Balaban J connectivity index is 3.00. The molecule has 0 aliphatic heterocycles. The van der Waals surface area contributed by atoms with Crippen LogP contribution in [0, 0.1) is 13.8 Å². The molecule has 0 aromatic heterocycles. The fourth-order valence-electron chi connectivity index (χ4n) is 2.00. The van der Waals surface area contributed by atoms with E-state index in [1.165, 1.54) is 0 Å². The average Bonchev–Trinajstić information content (AvgIpc) is 2.28. The molecule has 0 saturated carbocycles. The lowest BCUT2D eigenvalue weighted by atomic mass is 10.0. The number of nitrogens with zero attached hydrogens (tertiary/aromatic N) is 1. The fraction of sp³-hybridized carbons (Fsp3) is 0.500. The Morgan fingerprint density at radius 2 is 1.82 bits per heavy atom. The van der Waals surface area contributed by atoms with Crippen LogP contribution in [0.3, 0.4) is 0 Å². The molecule has 17 heavy (non-hydrogen) atoms. The van der Waals surface area contributed by atoms with E-state index in [4.69, 9.17) is 0 Å². The minimum Gasteiger partial charge on any atom is -0.338 e. The highest BCUT2D eigenvalue weighted by Crippen LogP contribution is 2.16. The third-order valence-corrected chi connectivity index (χ3v) is 3.18. The van der Waals surface area contributed by atoms with Crippen LogP contribution in [0.4, 0.5) is 0 Å². The van der Waals surface area contributed by atoms with Gasteiger partial charge in [-0.3, -0.25) is 4.79 Å². The van der Waals surface area contributed by atoms with Gasteiger partial charge in [-0.2, -0.15) is 0 Å². The van der Waals surface area contributed by atoms with Gasteiger partial charge in [-0.1, -0.05) is 41.1 Å². The van der Waals surface area contributed by atoms with E-state index >= 15 is 0 Å². The highest BCUT2D eigenvalue weighted by atomic mass is 79.9. The summed E-state index contributed by atoms with van der Waals surface area (Å²) in [5.41, 5.74) is 2.98. The van der Waals surface area contributed by atoms with Gasteiger partial charge in [0.25, 0.3) is 5.91 Å². The van der Waals surface area contributed by atoms with Gasteiger partial charge in [0.2, 0.25) is 0 Å². The molecule has 1 amide bonds. The number of carbonyl (C=O) groups is 1. The molecule has 1 aromatic carbocycles. The Hall–Kier alpha value is -0.830. The SMILES string of the molecule is CCCN(CCBr)C(=O)c1c(C)cccc1C. The Bertz CT molecular complexity index is 364. The van der Waals surface area contributed by atoms with E-state index in [1.807, 2.05) is 36.9 Å². The van der Waals surface area contributed by atoms with Crippen LogP contribution in [-0.4, -0.2) is 29.2 Å². The Labute approximate surface area is 112 Å². The van der Waals surface area contributed by atoms with Crippen molar-refractivity contribution >= 4 is 21.8 Å². The zero-order valence-corrected chi connectivity index (χ0v) is 12.4. The minimum absolute atomic E-state index is 0.155. The van der Waals surface area contributed by atoms with Gasteiger partial charge in [0.15, 0.2) is 0 Å². The number of amides is 1. The molecule has 0 spiro atoms. The van der Waals surface area contributed by atoms with Crippen molar-refractivity contribution in [1.29, 1.82) is 0 Å². The van der Waals surface area contributed by atoms with Crippen molar-refractivity contribution in [3.05, 3.63) is 34.9 Å². The lowest BCUT2D eigenvalue weighted by Crippen LogP contribution is -2.34. The predicted octanol–water partition coefficient (Wildman–Crippen LogP) is 3.55. The number of hydrogen-bond donors (Lipinski definition) is 0. The molecule has 2 nitrogen and oxygen atoms in total. The van der Waals surface area contributed by atoms with Crippen LogP contribution in [0.2, 0.25) is 0 Å². The van der Waals surface area contributed by atoms with Crippen molar-refractivity contribution in [3.63, 3.8) is 0 Å². The second kappa shape index (κ2) is 6.80. The molecule has 0 aliphatic carbocycles. The van der Waals surface area contributed by atoms with Crippen molar-refractivity contribution in [2.45, 2.75) is 27.2 Å². The van der Waals surface area contributed by atoms with E-state index in [1.54, 1.807) is 0 Å². The third kappa shape index (κ3) is 3.56. The maximum absolute atomic E-state index is 12.5. The molecule has 0 aliphatic rings. The summed E-state index contributed by atoms with van der Waals surface area (Å²) in [7, 11) is 0. The number of alkyl halides is 1.